The van der Waals surface area contributed by atoms with Crippen LogP contribution in [-0.2, 0) is 0 Å². The molecule has 0 spiro atoms. The maximum absolute atomic E-state index is 5.59. The van der Waals surface area contributed by atoms with Gasteiger partial charge in [-0.2, -0.15) is 9.97 Å². The van der Waals surface area contributed by atoms with E-state index in [1.54, 1.807) is 6.07 Å². The Kier molecular flexibility index (Phi) is 4.34. The third-order valence-corrected chi connectivity index (χ3v) is 2.61. The molecule has 1 heterocycles. The summed E-state index contributed by atoms with van der Waals surface area (Å²) in [5, 5.41) is 3.28. The third kappa shape index (κ3) is 3.92. The lowest BCUT2D eigenvalue weighted by Crippen LogP contribution is -2.19. The minimum absolute atomic E-state index is 0.207. The molecule has 0 amide bonds. The van der Waals surface area contributed by atoms with Crippen LogP contribution in [0, 0.1) is 5.92 Å². The lowest BCUT2D eigenvalue weighted by atomic mass is 10.0. The van der Waals surface area contributed by atoms with Gasteiger partial charge in [0.1, 0.15) is 11.6 Å². The van der Waals surface area contributed by atoms with Crippen molar-refractivity contribution in [2.75, 3.05) is 16.8 Å². The van der Waals surface area contributed by atoms with Crippen molar-refractivity contribution in [1.82, 2.24) is 9.97 Å². The van der Waals surface area contributed by atoms with E-state index in [1.807, 2.05) is 0 Å². The summed E-state index contributed by atoms with van der Waals surface area (Å²) in [6.45, 7) is 6.56. The molecule has 0 radical (unpaired) electrons. The van der Waals surface area contributed by atoms with E-state index in [2.05, 4.69) is 36.1 Å². The fraction of sp³-hybridized carbons (Fsp3) is 0.636. The Bertz CT molecular complexity index is 319. The highest BCUT2D eigenvalue weighted by Gasteiger charge is 2.08. The van der Waals surface area contributed by atoms with E-state index in [0.717, 1.165) is 6.42 Å². The maximum Gasteiger partial charge on any atom is 0.223 e. The van der Waals surface area contributed by atoms with E-state index >= 15 is 0 Å². The summed E-state index contributed by atoms with van der Waals surface area (Å²) in [6, 6.07) is 2.05. The van der Waals surface area contributed by atoms with Crippen LogP contribution in [0.4, 0.5) is 17.6 Å². The molecule has 0 bridgehead atoms. The monoisotopic (exact) mass is 223 g/mol. The summed E-state index contributed by atoms with van der Waals surface area (Å²) in [5.41, 5.74) is 11.1. The van der Waals surface area contributed by atoms with Crippen LogP contribution in [-0.4, -0.2) is 16.0 Å². The van der Waals surface area contributed by atoms with Crippen LogP contribution >= 0.6 is 0 Å². The molecule has 5 heteroatoms. The predicted molar refractivity (Wildman–Crippen MR) is 68.0 cm³/mol. The van der Waals surface area contributed by atoms with Gasteiger partial charge in [-0.25, -0.2) is 0 Å². The summed E-state index contributed by atoms with van der Waals surface area (Å²) >= 11 is 0. The highest BCUT2D eigenvalue weighted by molar-refractivity contribution is 5.48. The summed E-state index contributed by atoms with van der Waals surface area (Å²) in [7, 11) is 0. The fourth-order valence-electron chi connectivity index (χ4n) is 1.64. The van der Waals surface area contributed by atoms with Crippen molar-refractivity contribution in [3.8, 4) is 0 Å². The first kappa shape index (κ1) is 12.5. The number of nitrogens with zero attached hydrogens (tertiary/aromatic N) is 2. The molecule has 90 valence electrons. The lowest BCUT2D eigenvalue weighted by molar-refractivity contribution is 0.483. The van der Waals surface area contributed by atoms with Crippen LogP contribution < -0.4 is 16.8 Å². The zero-order valence-electron chi connectivity index (χ0n) is 10.2. The van der Waals surface area contributed by atoms with Gasteiger partial charge < -0.3 is 16.8 Å². The summed E-state index contributed by atoms with van der Waals surface area (Å²) in [6.07, 6.45) is 2.28. The van der Waals surface area contributed by atoms with Crippen LogP contribution in [0.15, 0.2) is 6.07 Å². The first-order valence-electron chi connectivity index (χ1n) is 5.67. The molecule has 1 aromatic rings. The SMILES string of the molecule is CCC(C)CC(C)Nc1cc(N)nc(N)n1. The molecular weight excluding hydrogens is 202 g/mol. The number of nitrogens with one attached hydrogen (secondary N) is 1. The van der Waals surface area contributed by atoms with Crippen LogP contribution in [0.5, 0.6) is 0 Å². The number of nitrogens with two attached hydrogens (primary N) is 2. The molecule has 0 aliphatic carbocycles. The van der Waals surface area contributed by atoms with Crippen molar-refractivity contribution in [3.63, 3.8) is 0 Å². The Morgan fingerprint density at radius 2 is 2.00 bits per heavy atom. The van der Waals surface area contributed by atoms with Gasteiger partial charge in [0.05, 0.1) is 0 Å². The van der Waals surface area contributed by atoms with Crippen molar-refractivity contribution in [1.29, 1.82) is 0 Å². The molecule has 0 aliphatic rings. The van der Waals surface area contributed by atoms with E-state index < -0.39 is 0 Å². The van der Waals surface area contributed by atoms with Gasteiger partial charge in [-0.3, -0.25) is 0 Å². The zero-order chi connectivity index (χ0) is 12.1. The average Bonchev–Trinajstić information content (AvgIpc) is 2.15. The van der Waals surface area contributed by atoms with Gasteiger partial charge in [0.2, 0.25) is 5.95 Å². The maximum atomic E-state index is 5.59. The fourth-order valence-corrected chi connectivity index (χ4v) is 1.64. The minimum Gasteiger partial charge on any atom is -0.383 e. The van der Waals surface area contributed by atoms with Gasteiger partial charge in [-0.15, -0.1) is 0 Å². The molecule has 1 rings (SSSR count). The van der Waals surface area contributed by atoms with Crippen molar-refractivity contribution in [2.24, 2.45) is 5.92 Å². The third-order valence-electron chi connectivity index (χ3n) is 2.61. The van der Waals surface area contributed by atoms with Crippen molar-refractivity contribution in [3.05, 3.63) is 6.07 Å². The molecular formula is C11H21N5. The van der Waals surface area contributed by atoms with Crippen LogP contribution in [0.25, 0.3) is 0 Å². The van der Waals surface area contributed by atoms with Gasteiger partial charge in [-0.05, 0) is 19.3 Å². The van der Waals surface area contributed by atoms with Crippen molar-refractivity contribution in [2.45, 2.75) is 39.7 Å². The Balaban J connectivity index is 2.58. The second-order valence-corrected chi connectivity index (χ2v) is 4.33. The Labute approximate surface area is 96.7 Å². The van der Waals surface area contributed by atoms with E-state index in [4.69, 9.17) is 11.5 Å². The van der Waals surface area contributed by atoms with Gasteiger partial charge in [-0.1, -0.05) is 20.3 Å². The summed E-state index contributed by atoms with van der Waals surface area (Å²) < 4.78 is 0. The van der Waals surface area contributed by atoms with E-state index in [-0.39, 0.29) is 5.95 Å². The largest absolute Gasteiger partial charge is 0.383 e. The molecule has 0 fully saturated rings. The van der Waals surface area contributed by atoms with E-state index in [0.29, 0.717) is 23.6 Å². The quantitative estimate of drug-likeness (QED) is 0.709. The molecule has 5 nitrogen and oxygen atoms in total. The van der Waals surface area contributed by atoms with Crippen LogP contribution in [0.2, 0.25) is 0 Å². The van der Waals surface area contributed by atoms with Crippen LogP contribution in [0.3, 0.4) is 0 Å². The van der Waals surface area contributed by atoms with Gasteiger partial charge in [0, 0.05) is 12.1 Å². The first-order chi connectivity index (χ1) is 7.51. The summed E-state index contributed by atoms with van der Waals surface area (Å²) in [4.78, 5) is 7.91. The number of hydrogen-bond donors (Lipinski definition) is 3. The van der Waals surface area contributed by atoms with Crippen molar-refractivity contribution >= 4 is 17.6 Å². The molecule has 0 aromatic carbocycles. The first-order valence-corrected chi connectivity index (χ1v) is 5.67. The van der Waals surface area contributed by atoms with E-state index in [9.17, 15) is 0 Å². The molecule has 16 heavy (non-hydrogen) atoms. The van der Waals surface area contributed by atoms with Crippen LogP contribution in [0.1, 0.15) is 33.6 Å². The topological polar surface area (TPSA) is 89.8 Å². The molecule has 1 aromatic heterocycles. The number of nitrogen functional groups attached to an aromatic ring is 2. The molecule has 5 N–H and O–H groups in total. The summed E-state index contributed by atoms with van der Waals surface area (Å²) in [5.74, 6) is 1.99. The Hall–Kier alpha value is -1.52. The molecule has 0 aliphatic heterocycles. The number of hydrogen-bond acceptors (Lipinski definition) is 5. The van der Waals surface area contributed by atoms with Gasteiger partial charge in [0.25, 0.3) is 0 Å². The minimum atomic E-state index is 0.207. The van der Waals surface area contributed by atoms with E-state index in [1.165, 1.54) is 6.42 Å². The molecule has 0 saturated heterocycles. The highest BCUT2D eigenvalue weighted by Crippen LogP contribution is 2.15. The second-order valence-electron chi connectivity index (χ2n) is 4.33. The molecule has 0 saturated carbocycles. The van der Waals surface area contributed by atoms with Gasteiger partial charge in [0.15, 0.2) is 0 Å². The lowest BCUT2D eigenvalue weighted by Gasteiger charge is -2.18. The predicted octanol–water partition coefficient (Wildman–Crippen LogP) is 1.88. The standard InChI is InChI=1S/C11H21N5/c1-4-7(2)5-8(3)14-10-6-9(12)15-11(13)16-10/h6-8H,4-5H2,1-3H3,(H5,12,13,14,15,16). The molecule has 2 atom stereocenters. The number of anilines is 3. The Morgan fingerprint density at radius 3 is 2.56 bits per heavy atom. The van der Waals surface area contributed by atoms with Gasteiger partial charge >= 0.3 is 0 Å². The second kappa shape index (κ2) is 5.53. The number of rotatable bonds is 5. The normalized spacial score (nSPS) is 14.4. The highest BCUT2D eigenvalue weighted by atomic mass is 15.1. The average molecular weight is 223 g/mol. The van der Waals surface area contributed by atoms with Crippen molar-refractivity contribution < 1.29 is 0 Å². The smallest absolute Gasteiger partial charge is 0.223 e. The zero-order valence-corrected chi connectivity index (χ0v) is 10.2. The Morgan fingerprint density at radius 1 is 1.31 bits per heavy atom. The molecule has 2 unspecified atom stereocenters. The number of aromatic nitrogens is 2.